The van der Waals surface area contributed by atoms with Crippen LogP contribution in [0.25, 0.3) is 0 Å². The largest absolute Gasteiger partial charge is 0.501 e. The van der Waals surface area contributed by atoms with Crippen LogP contribution >= 0.6 is 0 Å². The van der Waals surface area contributed by atoms with E-state index in [0.717, 1.165) is 25.1 Å². The van der Waals surface area contributed by atoms with Gasteiger partial charge in [0.15, 0.2) is 0 Å². The van der Waals surface area contributed by atoms with E-state index >= 15 is 0 Å². The van der Waals surface area contributed by atoms with Gasteiger partial charge in [-0.25, -0.2) is 8.42 Å². The monoisotopic (exact) mass is 381 g/mol. The van der Waals surface area contributed by atoms with E-state index < -0.39 is 30.9 Å². The molecule has 0 aromatic heterocycles. The van der Waals surface area contributed by atoms with Crippen molar-refractivity contribution < 1.29 is 26.5 Å². The van der Waals surface area contributed by atoms with E-state index in [-0.39, 0.29) is 11.7 Å². The molecule has 0 N–H and O–H groups in total. The number of sulfone groups is 1. The predicted molar refractivity (Wildman–Crippen MR) is 85.3 cm³/mol. The number of nitro groups is 1. The summed E-state index contributed by atoms with van der Waals surface area (Å²) in [7, 11) is -3.71. The zero-order valence-corrected chi connectivity index (χ0v) is 14.5. The number of nitro benzene ring substituents is 1. The number of halogens is 3. The van der Waals surface area contributed by atoms with Gasteiger partial charge in [-0.3, -0.25) is 10.1 Å². The first-order valence-electron chi connectivity index (χ1n) is 7.54. The number of nitrogens with zero attached hydrogens (tertiary/aromatic N) is 3. The predicted octanol–water partition coefficient (Wildman–Crippen LogP) is 2.42. The third-order valence-corrected chi connectivity index (χ3v) is 5.87. The lowest BCUT2D eigenvalue weighted by Crippen LogP contribution is -2.34. The molecule has 1 aliphatic rings. The third-order valence-electron chi connectivity index (χ3n) is 4.38. The minimum Gasteiger partial charge on any atom is -0.364 e. The quantitative estimate of drug-likeness (QED) is 0.575. The molecule has 1 aliphatic heterocycles. The molecule has 0 saturated carbocycles. The molecule has 140 valence electrons. The molecule has 1 saturated heterocycles. The highest BCUT2D eigenvalue weighted by Gasteiger charge is 2.47. The third kappa shape index (κ3) is 3.71. The molecule has 7 nitrogen and oxygen atoms in total. The van der Waals surface area contributed by atoms with Crippen molar-refractivity contribution in [3.05, 3.63) is 28.3 Å². The molecule has 1 atom stereocenters. The topological polar surface area (TPSA) is 83.8 Å². The highest BCUT2D eigenvalue weighted by atomic mass is 32.2. The Morgan fingerprint density at radius 3 is 2.56 bits per heavy atom. The number of hydrogen-bond donors (Lipinski definition) is 0. The highest BCUT2D eigenvalue weighted by Crippen LogP contribution is 2.37. The molecular weight excluding hydrogens is 363 g/mol. The van der Waals surface area contributed by atoms with Crippen LogP contribution in [0.5, 0.6) is 0 Å². The first kappa shape index (κ1) is 19.4. The van der Waals surface area contributed by atoms with Gasteiger partial charge < -0.3 is 9.80 Å². The van der Waals surface area contributed by atoms with Gasteiger partial charge in [-0.05, 0) is 32.1 Å². The lowest BCUT2D eigenvalue weighted by atomic mass is 10.2. The van der Waals surface area contributed by atoms with Crippen molar-refractivity contribution in [3.63, 3.8) is 0 Å². The normalized spacial score (nSPS) is 18.8. The molecule has 1 heterocycles. The van der Waals surface area contributed by atoms with E-state index in [0.29, 0.717) is 19.2 Å². The van der Waals surface area contributed by atoms with Gasteiger partial charge in [0.25, 0.3) is 15.5 Å². The SMILES string of the molecule is CCN(C)C1CCN(c2ccc(S(=O)(=O)C(F)(F)F)cc2[N+](=O)[O-])C1. The lowest BCUT2D eigenvalue weighted by molar-refractivity contribution is -0.384. The first-order valence-corrected chi connectivity index (χ1v) is 9.02. The fourth-order valence-corrected chi connectivity index (χ4v) is 3.58. The number of alkyl halides is 3. The summed E-state index contributed by atoms with van der Waals surface area (Å²) >= 11 is 0. The van der Waals surface area contributed by atoms with Gasteiger partial charge in [0.1, 0.15) is 5.69 Å². The average molecular weight is 381 g/mol. The Kier molecular flexibility index (Phi) is 5.28. The van der Waals surface area contributed by atoms with E-state index in [1.54, 1.807) is 4.90 Å². The van der Waals surface area contributed by atoms with Gasteiger partial charge in [0.2, 0.25) is 0 Å². The Bertz CT molecular complexity index is 767. The molecule has 0 bridgehead atoms. The molecule has 11 heteroatoms. The van der Waals surface area contributed by atoms with Crippen LogP contribution in [0.2, 0.25) is 0 Å². The van der Waals surface area contributed by atoms with E-state index in [4.69, 9.17) is 0 Å². The maximum absolute atomic E-state index is 12.7. The second kappa shape index (κ2) is 6.79. The molecule has 0 spiro atoms. The molecule has 25 heavy (non-hydrogen) atoms. The summed E-state index contributed by atoms with van der Waals surface area (Å²) < 4.78 is 60.9. The Balaban J connectivity index is 2.41. The molecule has 2 rings (SSSR count). The van der Waals surface area contributed by atoms with Crippen LogP contribution in [0.15, 0.2) is 23.1 Å². The Hall–Kier alpha value is -1.88. The molecule has 1 aromatic rings. The van der Waals surface area contributed by atoms with Crippen molar-refractivity contribution in [2.75, 3.05) is 31.6 Å². The second-order valence-electron chi connectivity index (χ2n) is 5.82. The minimum atomic E-state index is -5.63. The van der Waals surface area contributed by atoms with Crippen molar-refractivity contribution in [1.82, 2.24) is 4.90 Å². The van der Waals surface area contributed by atoms with E-state index in [9.17, 15) is 31.7 Å². The van der Waals surface area contributed by atoms with Crippen molar-refractivity contribution in [2.24, 2.45) is 0 Å². The van der Waals surface area contributed by atoms with Gasteiger partial charge in [-0.2, -0.15) is 13.2 Å². The van der Waals surface area contributed by atoms with Crippen LogP contribution in [0.1, 0.15) is 13.3 Å². The Morgan fingerprint density at radius 1 is 1.40 bits per heavy atom. The number of anilines is 1. The summed E-state index contributed by atoms with van der Waals surface area (Å²) in [6.07, 6.45) is 0.754. The summed E-state index contributed by atoms with van der Waals surface area (Å²) in [5.74, 6) is 0. The van der Waals surface area contributed by atoms with Gasteiger partial charge in [-0.1, -0.05) is 6.92 Å². The molecule has 0 radical (unpaired) electrons. The zero-order valence-electron chi connectivity index (χ0n) is 13.7. The van der Waals surface area contributed by atoms with Crippen molar-refractivity contribution in [1.29, 1.82) is 0 Å². The molecule has 1 fully saturated rings. The van der Waals surface area contributed by atoms with Crippen LogP contribution in [-0.4, -0.2) is 56.5 Å². The van der Waals surface area contributed by atoms with Crippen LogP contribution < -0.4 is 4.90 Å². The van der Waals surface area contributed by atoms with Gasteiger partial charge in [0.05, 0.1) is 9.82 Å². The van der Waals surface area contributed by atoms with E-state index in [1.165, 1.54) is 0 Å². The maximum atomic E-state index is 12.7. The fraction of sp³-hybridized carbons (Fsp3) is 0.571. The summed E-state index contributed by atoms with van der Waals surface area (Å²) in [6, 6.07) is 2.49. The number of hydrogen-bond acceptors (Lipinski definition) is 6. The fourth-order valence-electron chi connectivity index (χ4n) is 2.80. The van der Waals surface area contributed by atoms with Gasteiger partial charge in [0, 0.05) is 25.2 Å². The van der Waals surface area contributed by atoms with Crippen LogP contribution in [0.3, 0.4) is 0 Å². The number of benzene rings is 1. The van der Waals surface area contributed by atoms with Crippen molar-refractivity contribution in [2.45, 2.75) is 29.8 Å². The Labute approximate surface area is 143 Å². The molecule has 0 amide bonds. The van der Waals surface area contributed by atoms with Crippen LogP contribution in [-0.2, 0) is 9.84 Å². The number of rotatable bonds is 5. The van der Waals surface area contributed by atoms with Crippen LogP contribution in [0.4, 0.5) is 24.5 Å². The highest BCUT2D eigenvalue weighted by molar-refractivity contribution is 7.92. The first-order chi connectivity index (χ1) is 11.5. The smallest absolute Gasteiger partial charge is 0.364 e. The van der Waals surface area contributed by atoms with Crippen molar-refractivity contribution >= 4 is 21.2 Å². The molecule has 1 unspecified atom stereocenters. The summed E-state index contributed by atoms with van der Waals surface area (Å²) in [5.41, 5.74) is -6.03. The van der Waals surface area contributed by atoms with E-state index in [1.807, 2.05) is 14.0 Å². The minimum absolute atomic E-state index is 0.123. The standard InChI is InChI=1S/C14H18F3N3O4S/c1-3-18(2)10-6-7-19(9-10)12-5-4-11(8-13(12)20(21)22)25(23,24)14(15,16)17/h4-5,8,10H,3,6-7,9H2,1-2H3. The summed E-state index contributed by atoms with van der Waals surface area (Å²) in [5, 5.41) is 11.3. The summed E-state index contributed by atoms with van der Waals surface area (Å²) in [4.78, 5) is 13.1. The summed E-state index contributed by atoms with van der Waals surface area (Å²) in [6.45, 7) is 3.75. The van der Waals surface area contributed by atoms with Crippen molar-refractivity contribution in [3.8, 4) is 0 Å². The van der Waals surface area contributed by atoms with Gasteiger partial charge >= 0.3 is 5.51 Å². The Morgan fingerprint density at radius 2 is 2.04 bits per heavy atom. The van der Waals surface area contributed by atoms with Gasteiger partial charge in [-0.15, -0.1) is 0 Å². The second-order valence-corrected chi connectivity index (χ2v) is 7.76. The lowest BCUT2D eigenvalue weighted by Gasteiger charge is -2.24. The number of likely N-dealkylation sites (N-methyl/N-ethyl adjacent to an activating group) is 1. The van der Waals surface area contributed by atoms with E-state index in [2.05, 4.69) is 4.90 Å². The molecule has 1 aromatic carbocycles. The molecule has 0 aliphatic carbocycles. The molecular formula is C14H18F3N3O4S. The zero-order chi connectivity index (χ0) is 19.0. The maximum Gasteiger partial charge on any atom is 0.501 e. The average Bonchev–Trinajstić information content (AvgIpc) is 3.02. The van der Waals surface area contributed by atoms with Crippen LogP contribution in [0, 0.1) is 10.1 Å².